The number of carbonyl (C=O) groups excluding carboxylic acids is 1. The molecule has 1 aromatic carbocycles. The molecule has 5 heteroatoms. The van der Waals surface area contributed by atoms with Gasteiger partial charge in [-0.2, -0.15) is 5.10 Å². The number of hydrogen-bond acceptors (Lipinski definition) is 2. The van der Waals surface area contributed by atoms with Crippen molar-refractivity contribution in [1.82, 2.24) is 9.78 Å². The minimum atomic E-state index is -0.204. The van der Waals surface area contributed by atoms with Gasteiger partial charge in [-0.25, -0.2) is 4.68 Å². The van der Waals surface area contributed by atoms with Gasteiger partial charge in [0, 0.05) is 9.89 Å². The minimum absolute atomic E-state index is 0.191. The highest BCUT2D eigenvalue weighted by Gasteiger charge is 2.59. The Morgan fingerprint density at radius 1 is 1.11 bits per heavy atom. The first kappa shape index (κ1) is 17.3. The standard InChI is InChI=1S/C23H26BrN3O/c24-23-12-15-9-16(13-23)11-22(10-15,14-23)21(28)25-20-18-7-4-8-19(18)26-27(20)17-5-2-1-3-6-17/h1-3,5-6,15-16H,4,7-14H2,(H,25,28). The van der Waals surface area contributed by atoms with Gasteiger partial charge in [0.25, 0.3) is 0 Å². The first-order chi connectivity index (χ1) is 13.5. The Morgan fingerprint density at radius 3 is 2.57 bits per heavy atom. The van der Waals surface area contributed by atoms with Crippen LogP contribution < -0.4 is 5.32 Å². The van der Waals surface area contributed by atoms with Gasteiger partial charge in [-0.15, -0.1) is 0 Å². The van der Waals surface area contributed by atoms with Crippen molar-refractivity contribution in [2.24, 2.45) is 17.3 Å². The molecule has 4 nitrogen and oxygen atoms in total. The zero-order valence-corrected chi connectivity index (χ0v) is 17.7. The molecule has 1 N–H and O–H groups in total. The van der Waals surface area contributed by atoms with Gasteiger partial charge in [0.05, 0.1) is 16.8 Å². The molecule has 0 saturated heterocycles. The predicted molar refractivity (Wildman–Crippen MR) is 113 cm³/mol. The molecule has 4 fully saturated rings. The second-order valence-electron chi connectivity index (χ2n) is 9.72. The van der Waals surface area contributed by atoms with Gasteiger partial charge in [-0.1, -0.05) is 34.1 Å². The highest BCUT2D eigenvalue weighted by atomic mass is 79.9. The van der Waals surface area contributed by atoms with E-state index in [2.05, 4.69) is 33.4 Å². The quantitative estimate of drug-likeness (QED) is 0.681. The fraction of sp³-hybridized carbons (Fsp3) is 0.565. The lowest BCUT2D eigenvalue weighted by molar-refractivity contribution is -0.138. The van der Waals surface area contributed by atoms with Crippen LogP contribution in [0, 0.1) is 17.3 Å². The summed E-state index contributed by atoms with van der Waals surface area (Å²) in [4.78, 5) is 13.7. The van der Waals surface area contributed by atoms with E-state index in [1.807, 2.05) is 22.9 Å². The summed E-state index contributed by atoms with van der Waals surface area (Å²) in [7, 11) is 0. The van der Waals surface area contributed by atoms with Crippen molar-refractivity contribution in [3.63, 3.8) is 0 Å². The molecule has 5 aliphatic rings. The number of para-hydroxylation sites is 1. The van der Waals surface area contributed by atoms with Crippen molar-refractivity contribution in [2.45, 2.75) is 62.1 Å². The normalized spacial score (nSPS) is 35.2. The van der Waals surface area contributed by atoms with Crippen LogP contribution in [0.25, 0.3) is 5.69 Å². The summed E-state index contributed by atoms with van der Waals surface area (Å²) in [6.45, 7) is 0. The fourth-order valence-electron chi connectivity index (χ4n) is 6.93. The maximum absolute atomic E-state index is 13.7. The summed E-state index contributed by atoms with van der Waals surface area (Å²) < 4.78 is 2.15. The number of amides is 1. The van der Waals surface area contributed by atoms with E-state index in [4.69, 9.17) is 5.10 Å². The van der Waals surface area contributed by atoms with Crippen molar-refractivity contribution in [1.29, 1.82) is 0 Å². The van der Waals surface area contributed by atoms with Gasteiger partial charge in [0.1, 0.15) is 5.82 Å². The van der Waals surface area contributed by atoms with Gasteiger partial charge in [0.2, 0.25) is 5.91 Å². The summed E-state index contributed by atoms with van der Waals surface area (Å²) in [5.41, 5.74) is 3.22. The number of halogens is 1. The van der Waals surface area contributed by atoms with E-state index in [-0.39, 0.29) is 15.6 Å². The summed E-state index contributed by atoms with van der Waals surface area (Å²) in [6.07, 6.45) is 10.1. The SMILES string of the molecule is O=C(Nc1c2c(nn1-c1ccccc1)CCC2)C12CC3CC(CC(Br)(C3)C1)C2. The van der Waals surface area contributed by atoms with Crippen LogP contribution in [0.5, 0.6) is 0 Å². The van der Waals surface area contributed by atoms with Crippen LogP contribution in [-0.2, 0) is 17.6 Å². The van der Waals surface area contributed by atoms with E-state index in [9.17, 15) is 4.79 Å². The van der Waals surface area contributed by atoms with Gasteiger partial charge in [-0.3, -0.25) is 4.79 Å². The molecule has 1 heterocycles. The third-order valence-corrected chi connectivity index (χ3v) is 8.54. The molecule has 5 aliphatic carbocycles. The number of fused-ring (bicyclic) bond motifs is 1. The topological polar surface area (TPSA) is 46.9 Å². The second-order valence-corrected chi connectivity index (χ2v) is 11.4. The zero-order valence-electron chi connectivity index (χ0n) is 16.1. The van der Waals surface area contributed by atoms with Crippen molar-refractivity contribution in [3.05, 3.63) is 41.6 Å². The molecule has 1 amide bonds. The predicted octanol–water partition coefficient (Wildman–Crippen LogP) is 5.03. The smallest absolute Gasteiger partial charge is 0.231 e. The molecule has 4 saturated carbocycles. The first-order valence-electron chi connectivity index (χ1n) is 10.7. The molecule has 146 valence electrons. The van der Waals surface area contributed by atoms with Crippen molar-refractivity contribution < 1.29 is 4.79 Å². The number of nitrogens with zero attached hydrogens (tertiary/aromatic N) is 2. The molecule has 1 aromatic heterocycles. The Kier molecular flexibility index (Phi) is 3.66. The Morgan fingerprint density at radius 2 is 1.86 bits per heavy atom. The maximum Gasteiger partial charge on any atom is 0.231 e. The number of aryl methyl sites for hydroxylation is 1. The van der Waals surface area contributed by atoms with Crippen molar-refractivity contribution in [2.75, 3.05) is 5.32 Å². The van der Waals surface area contributed by atoms with Gasteiger partial charge < -0.3 is 5.32 Å². The van der Waals surface area contributed by atoms with E-state index < -0.39 is 0 Å². The summed E-state index contributed by atoms with van der Waals surface area (Å²) in [5, 5.41) is 8.27. The average Bonchev–Trinajstić information content (AvgIpc) is 3.23. The van der Waals surface area contributed by atoms with Crippen molar-refractivity contribution in [3.8, 4) is 5.69 Å². The van der Waals surface area contributed by atoms with Crippen LogP contribution in [0.2, 0.25) is 0 Å². The van der Waals surface area contributed by atoms with E-state index in [0.717, 1.165) is 55.7 Å². The minimum Gasteiger partial charge on any atom is -0.310 e. The summed E-state index contributed by atoms with van der Waals surface area (Å²) in [6, 6.07) is 10.2. The lowest BCUT2D eigenvalue weighted by Crippen LogP contribution is -2.57. The Bertz CT molecular complexity index is 936. The van der Waals surface area contributed by atoms with Crippen LogP contribution in [0.4, 0.5) is 5.82 Å². The number of anilines is 1. The van der Waals surface area contributed by atoms with Crippen molar-refractivity contribution >= 4 is 27.7 Å². The summed E-state index contributed by atoms with van der Waals surface area (Å²) in [5.74, 6) is 2.56. The number of nitrogens with one attached hydrogen (secondary N) is 1. The third kappa shape index (κ3) is 2.54. The summed E-state index contributed by atoms with van der Waals surface area (Å²) >= 11 is 4.04. The van der Waals surface area contributed by atoms with E-state index in [1.54, 1.807) is 0 Å². The molecule has 4 bridgehead atoms. The average molecular weight is 440 g/mol. The number of benzene rings is 1. The molecule has 2 aromatic rings. The fourth-order valence-corrected chi connectivity index (χ4v) is 8.39. The highest BCUT2D eigenvalue weighted by Crippen LogP contribution is 2.64. The van der Waals surface area contributed by atoms with Gasteiger partial charge >= 0.3 is 0 Å². The maximum atomic E-state index is 13.7. The third-order valence-electron chi connectivity index (χ3n) is 7.61. The second kappa shape index (κ2) is 5.94. The molecule has 28 heavy (non-hydrogen) atoms. The number of carbonyl (C=O) groups is 1. The Balaban J connectivity index is 1.37. The van der Waals surface area contributed by atoms with Crippen LogP contribution >= 0.6 is 15.9 Å². The van der Waals surface area contributed by atoms with Crippen LogP contribution in [0.15, 0.2) is 30.3 Å². The van der Waals surface area contributed by atoms with Gasteiger partial charge in [0.15, 0.2) is 0 Å². The Labute approximate surface area is 174 Å². The zero-order chi connectivity index (χ0) is 18.9. The molecule has 2 unspecified atom stereocenters. The van der Waals surface area contributed by atoms with E-state index >= 15 is 0 Å². The molecular formula is C23H26BrN3O. The lowest BCUT2D eigenvalue weighted by Gasteiger charge is -2.59. The molecule has 7 rings (SSSR count). The van der Waals surface area contributed by atoms with Crippen LogP contribution in [0.3, 0.4) is 0 Å². The van der Waals surface area contributed by atoms with Gasteiger partial charge in [-0.05, 0) is 81.8 Å². The number of rotatable bonds is 3. The Hall–Kier alpha value is -1.62. The number of alkyl halides is 1. The molecule has 0 aliphatic heterocycles. The largest absolute Gasteiger partial charge is 0.310 e. The van der Waals surface area contributed by atoms with Crippen LogP contribution in [-0.4, -0.2) is 20.0 Å². The number of aromatic nitrogens is 2. The number of hydrogen-bond donors (Lipinski definition) is 1. The van der Waals surface area contributed by atoms with E-state index in [1.165, 1.54) is 24.8 Å². The van der Waals surface area contributed by atoms with Crippen LogP contribution in [0.1, 0.15) is 56.2 Å². The lowest BCUT2D eigenvalue weighted by atomic mass is 9.49. The molecule has 2 atom stereocenters. The highest BCUT2D eigenvalue weighted by molar-refractivity contribution is 9.10. The van der Waals surface area contributed by atoms with E-state index in [0.29, 0.717) is 11.8 Å². The monoisotopic (exact) mass is 439 g/mol. The molecular weight excluding hydrogens is 414 g/mol. The first-order valence-corrected chi connectivity index (χ1v) is 11.5. The molecule has 0 spiro atoms. The molecule has 0 radical (unpaired) electrons.